The molecule has 0 spiro atoms. The van der Waals surface area contributed by atoms with Gasteiger partial charge in [-0.1, -0.05) is 13.0 Å². The molecule has 1 aliphatic rings. The predicted molar refractivity (Wildman–Crippen MR) is 122 cm³/mol. The van der Waals surface area contributed by atoms with E-state index in [1.54, 1.807) is 7.05 Å². The van der Waals surface area contributed by atoms with Gasteiger partial charge in [-0.3, -0.25) is 9.89 Å². The summed E-state index contributed by atoms with van der Waals surface area (Å²) in [6.07, 6.45) is 2.82. The van der Waals surface area contributed by atoms with E-state index in [9.17, 15) is 0 Å². The Bertz CT molecular complexity index is 787. The second-order valence-corrected chi connectivity index (χ2v) is 8.59. The van der Waals surface area contributed by atoms with Crippen molar-refractivity contribution in [3.8, 4) is 5.88 Å². The third kappa shape index (κ3) is 6.68. The third-order valence-electron chi connectivity index (χ3n) is 4.97. The number of nitrogens with one attached hydrogen (secondary N) is 2. The van der Waals surface area contributed by atoms with Crippen molar-refractivity contribution in [3.05, 3.63) is 45.8 Å². The standard InChI is InChI=1S/C22H33N5O2S/c1-4-11-29-21-8-6-18(14-24-21)15-25-22(23-3)26-16-19(20-7-5-17(2)30-20)27-9-12-28-13-10-27/h5-8,14,19H,4,9-13,15-16H2,1-3H3,(H2,23,25,26). The minimum absolute atomic E-state index is 0.308. The van der Waals surface area contributed by atoms with Crippen LogP contribution in [-0.4, -0.2) is 62.3 Å². The van der Waals surface area contributed by atoms with Crippen LogP contribution in [0.3, 0.4) is 0 Å². The lowest BCUT2D eigenvalue weighted by atomic mass is 10.2. The summed E-state index contributed by atoms with van der Waals surface area (Å²) in [5.74, 6) is 1.45. The second kappa shape index (κ2) is 11.9. The molecular weight excluding hydrogens is 398 g/mol. The fourth-order valence-electron chi connectivity index (χ4n) is 3.34. The highest BCUT2D eigenvalue weighted by molar-refractivity contribution is 7.12. The SMILES string of the molecule is CCCOc1ccc(CNC(=NC)NCC(c2ccc(C)s2)N2CCOCC2)cn1. The Hall–Kier alpha value is -2.16. The molecule has 0 bridgehead atoms. The van der Waals surface area contributed by atoms with Crippen LogP contribution in [0.1, 0.15) is 34.7 Å². The Morgan fingerprint density at radius 1 is 1.27 bits per heavy atom. The van der Waals surface area contributed by atoms with Crippen LogP contribution in [0.5, 0.6) is 5.88 Å². The van der Waals surface area contributed by atoms with Gasteiger partial charge in [-0.15, -0.1) is 11.3 Å². The molecule has 3 heterocycles. The highest BCUT2D eigenvalue weighted by Gasteiger charge is 2.24. The molecule has 0 aromatic carbocycles. The Morgan fingerprint density at radius 2 is 2.10 bits per heavy atom. The second-order valence-electron chi connectivity index (χ2n) is 7.27. The van der Waals surface area contributed by atoms with Gasteiger partial charge in [0.05, 0.1) is 25.9 Å². The zero-order chi connectivity index (χ0) is 21.2. The van der Waals surface area contributed by atoms with Gasteiger partial charge in [0.2, 0.25) is 5.88 Å². The van der Waals surface area contributed by atoms with Crippen molar-refractivity contribution in [3.63, 3.8) is 0 Å². The number of hydrogen-bond acceptors (Lipinski definition) is 6. The molecule has 3 rings (SSSR count). The van der Waals surface area contributed by atoms with Crippen LogP contribution in [0.2, 0.25) is 0 Å². The monoisotopic (exact) mass is 431 g/mol. The molecule has 8 heteroatoms. The molecule has 1 unspecified atom stereocenters. The van der Waals surface area contributed by atoms with E-state index < -0.39 is 0 Å². The zero-order valence-corrected chi connectivity index (χ0v) is 19.0. The van der Waals surface area contributed by atoms with Crippen LogP contribution in [0.15, 0.2) is 35.5 Å². The van der Waals surface area contributed by atoms with E-state index in [1.165, 1.54) is 9.75 Å². The van der Waals surface area contributed by atoms with Crippen molar-refractivity contribution < 1.29 is 9.47 Å². The van der Waals surface area contributed by atoms with Crippen molar-refractivity contribution in [2.45, 2.75) is 32.9 Å². The normalized spacial score (nSPS) is 16.3. The minimum atomic E-state index is 0.308. The van der Waals surface area contributed by atoms with Crippen molar-refractivity contribution in [2.75, 3.05) is 46.5 Å². The first-order valence-electron chi connectivity index (χ1n) is 10.6. The Morgan fingerprint density at radius 3 is 2.73 bits per heavy atom. The molecule has 0 saturated carbocycles. The maximum Gasteiger partial charge on any atom is 0.213 e. The van der Waals surface area contributed by atoms with Crippen LogP contribution in [-0.2, 0) is 11.3 Å². The highest BCUT2D eigenvalue weighted by Crippen LogP contribution is 2.27. The number of nitrogens with zero attached hydrogens (tertiary/aromatic N) is 3. The van der Waals surface area contributed by atoms with Crippen LogP contribution in [0.4, 0.5) is 0 Å². The van der Waals surface area contributed by atoms with Gasteiger partial charge in [0.1, 0.15) is 0 Å². The molecule has 2 N–H and O–H groups in total. The number of pyridine rings is 1. The van der Waals surface area contributed by atoms with Crippen LogP contribution in [0.25, 0.3) is 0 Å². The molecule has 1 atom stereocenters. The Balaban J connectivity index is 1.54. The van der Waals surface area contributed by atoms with E-state index in [1.807, 2.05) is 29.7 Å². The van der Waals surface area contributed by atoms with Gasteiger partial charge >= 0.3 is 0 Å². The Labute approximate surface area is 183 Å². The van der Waals surface area contributed by atoms with Gasteiger partial charge in [-0.05, 0) is 31.0 Å². The quantitative estimate of drug-likeness (QED) is 0.470. The first-order chi connectivity index (χ1) is 14.7. The summed E-state index contributed by atoms with van der Waals surface area (Å²) >= 11 is 1.86. The maximum atomic E-state index is 5.55. The van der Waals surface area contributed by atoms with Gasteiger partial charge in [0, 0.05) is 55.2 Å². The smallest absolute Gasteiger partial charge is 0.213 e. The number of aryl methyl sites for hydroxylation is 1. The first-order valence-corrected chi connectivity index (χ1v) is 11.4. The summed E-state index contributed by atoms with van der Waals surface area (Å²) in [6, 6.07) is 8.69. The van der Waals surface area contributed by atoms with Gasteiger partial charge in [-0.2, -0.15) is 0 Å². The predicted octanol–water partition coefficient (Wildman–Crippen LogP) is 2.98. The number of aliphatic imine (C=N–C) groups is 1. The van der Waals surface area contributed by atoms with E-state index in [-0.39, 0.29) is 0 Å². The average Bonchev–Trinajstić information content (AvgIpc) is 3.22. The van der Waals surface area contributed by atoms with Crippen LogP contribution < -0.4 is 15.4 Å². The molecule has 2 aromatic rings. The molecule has 30 heavy (non-hydrogen) atoms. The zero-order valence-electron chi connectivity index (χ0n) is 18.2. The summed E-state index contributed by atoms with van der Waals surface area (Å²) < 4.78 is 11.1. The molecule has 2 aromatic heterocycles. The molecule has 1 saturated heterocycles. The maximum absolute atomic E-state index is 5.55. The van der Waals surface area contributed by atoms with Crippen molar-refractivity contribution in [1.29, 1.82) is 0 Å². The Kier molecular flexibility index (Phi) is 8.92. The molecule has 0 radical (unpaired) electrons. The fraction of sp³-hybridized carbons (Fsp3) is 0.545. The van der Waals surface area contributed by atoms with E-state index in [0.29, 0.717) is 25.1 Å². The lowest BCUT2D eigenvalue weighted by Gasteiger charge is -2.34. The lowest BCUT2D eigenvalue weighted by molar-refractivity contribution is 0.0177. The highest BCUT2D eigenvalue weighted by atomic mass is 32.1. The van der Waals surface area contributed by atoms with E-state index in [2.05, 4.69) is 51.5 Å². The molecule has 0 aliphatic carbocycles. The van der Waals surface area contributed by atoms with E-state index in [4.69, 9.17) is 9.47 Å². The number of rotatable bonds is 9. The topological polar surface area (TPSA) is 71.0 Å². The molecule has 164 valence electrons. The molecule has 1 fully saturated rings. The number of guanidine groups is 1. The van der Waals surface area contributed by atoms with Crippen LogP contribution in [0, 0.1) is 6.92 Å². The van der Waals surface area contributed by atoms with Crippen molar-refractivity contribution in [2.24, 2.45) is 4.99 Å². The van der Waals surface area contributed by atoms with Crippen molar-refractivity contribution >= 4 is 17.3 Å². The molecular formula is C22H33N5O2S. The largest absolute Gasteiger partial charge is 0.478 e. The molecule has 7 nitrogen and oxygen atoms in total. The van der Waals surface area contributed by atoms with Gasteiger partial charge in [-0.25, -0.2) is 4.98 Å². The number of ether oxygens (including phenoxy) is 2. The lowest BCUT2D eigenvalue weighted by Crippen LogP contribution is -2.46. The summed E-state index contributed by atoms with van der Waals surface area (Å²) in [6.45, 7) is 9.86. The number of hydrogen-bond donors (Lipinski definition) is 2. The van der Waals surface area contributed by atoms with Crippen molar-refractivity contribution in [1.82, 2.24) is 20.5 Å². The van der Waals surface area contributed by atoms with E-state index in [0.717, 1.165) is 50.8 Å². The number of aromatic nitrogens is 1. The summed E-state index contributed by atoms with van der Waals surface area (Å²) in [5, 5.41) is 6.88. The van der Waals surface area contributed by atoms with Gasteiger partial charge < -0.3 is 20.1 Å². The number of thiophene rings is 1. The van der Waals surface area contributed by atoms with Gasteiger partial charge in [0.25, 0.3) is 0 Å². The van der Waals surface area contributed by atoms with Gasteiger partial charge in [0.15, 0.2) is 5.96 Å². The summed E-state index contributed by atoms with van der Waals surface area (Å²) in [7, 11) is 1.80. The molecule has 0 amide bonds. The number of morpholine rings is 1. The fourth-order valence-corrected chi connectivity index (χ4v) is 4.35. The summed E-state index contributed by atoms with van der Waals surface area (Å²) in [5.41, 5.74) is 1.08. The first kappa shape index (κ1) is 22.5. The molecule has 1 aliphatic heterocycles. The summed E-state index contributed by atoms with van der Waals surface area (Å²) in [4.78, 5) is 14.0. The third-order valence-corrected chi connectivity index (χ3v) is 6.08. The average molecular weight is 432 g/mol. The van der Waals surface area contributed by atoms with Crippen LogP contribution >= 0.6 is 11.3 Å². The minimum Gasteiger partial charge on any atom is -0.478 e. The van der Waals surface area contributed by atoms with E-state index >= 15 is 0 Å².